The average molecular weight is 187 g/mol. The zero-order valence-corrected chi connectivity index (χ0v) is 6.71. The number of hydrogen-bond acceptors (Lipinski definition) is 1. The molecule has 1 aromatic carbocycles. The molecule has 70 valence electrons. The van der Waals surface area contributed by atoms with E-state index in [0.29, 0.717) is 0 Å². The molecule has 13 heavy (non-hydrogen) atoms. The van der Waals surface area contributed by atoms with Gasteiger partial charge in [-0.1, -0.05) is 30.3 Å². The van der Waals surface area contributed by atoms with Gasteiger partial charge >= 0.3 is 6.98 Å². The number of benzene rings is 1. The molecule has 0 heterocycles. The molecular weight excluding hydrogens is 180 g/mol. The molecule has 0 aromatic heterocycles. The van der Waals surface area contributed by atoms with Crippen molar-refractivity contribution in [3.05, 3.63) is 35.9 Å². The van der Waals surface area contributed by atoms with Gasteiger partial charge in [0.25, 0.3) is 0 Å². The van der Waals surface area contributed by atoms with E-state index in [4.69, 9.17) is 0 Å². The number of halogens is 3. The van der Waals surface area contributed by atoms with Gasteiger partial charge in [0.15, 0.2) is 0 Å². The standard InChI is InChI=1S/C8H7BF3O/c10-9(11,12)6-8(13)7-4-2-1-3-5-7/h1-5H,6H2/q-1. The summed E-state index contributed by atoms with van der Waals surface area (Å²) in [6.45, 7) is -5.02. The van der Waals surface area contributed by atoms with Crippen LogP contribution in [-0.4, -0.2) is 12.8 Å². The van der Waals surface area contributed by atoms with Crippen LogP contribution in [0.5, 0.6) is 0 Å². The van der Waals surface area contributed by atoms with Crippen molar-refractivity contribution in [2.75, 3.05) is 0 Å². The molecule has 0 N–H and O–H groups in total. The van der Waals surface area contributed by atoms with Crippen LogP contribution in [0.3, 0.4) is 0 Å². The van der Waals surface area contributed by atoms with E-state index >= 15 is 0 Å². The first kappa shape index (κ1) is 9.83. The van der Waals surface area contributed by atoms with Crippen molar-refractivity contribution in [1.29, 1.82) is 0 Å². The highest BCUT2D eigenvalue weighted by molar-refractivity contribution is 6.63. The van der Waals surface area contributed by atoms with Gasteiger partial charge in [-0.3, -0.25) is 4.79 Å². The molecule has 0 saturated heterocycles. The fourth-order valence-corrected chi connectivity index (χ4v) is 0.952. The number of carbonyl (C=O) groups is 1. The minimum absolute atomic E-state index is 0.113. The Morgan fingerprint density at radius 3 is 2.15 bits per heavy atom. The van der Waals surface area contributed by atoms with Gasteiger partial charge in [0, 0.05) is 5.56 Å². The summed E-state index contributed by atoms with van der Waals surface area (Å²) in [5.41, 5.74) is 0.113. The molecule has 0 atom stereocenters. The van der Waals surface area contributed by atoms with Gasteiger partial charge in [0.1, 0.15) is 5.78 Å². The summed E-state index contributed by atoms with van der Waals surface area (Å²) in [4.78, 5) is 11.0. The van der Waals surface area contributed by atoms with Crippen molar-refractivity contribution in [3.63, 3.8) is 0 Å². The molecule has 1 nitrogen and oxygen atoms in total. The monoisotopic (exact) mass is 187 g/mol. The maximum Gasteiger partial charge on any atom is 0.485 e. The lowest BCUT2D eigenvalue weighted by Gasteiger charge is -2.11. The highest BCUT2D eigenvalue weighted by atomic mass is 19.4. The molecule has 0 radical (unpaired) electrons. The van der Waals surface area contributed by atoms with Crippen LogP contribution in [0, 0.1) is 0 Å². The SMILES string of the molecule is O=C(C[B-](F)(F)F)c1ccccc1. The highest BCUT2D eigenvalue weighted by Gasteiger charge is 2.26. The van der Waals surface area contributed by atoms with Crippen molar-refractivity contribution in [2.45, 2.75) is 6.32 Å². The first-order valence-electron chi connectivity index (χ1n) is 3.78. The van der Waals surface area contributed by atoms with Crippen molar-refractivity contribution in [3.8, 4) is 0 Å². The van der Waals surface area contributed by atoms with Gasteiger partial charge in [-0.25, -0.2) is 0 Å². The van der Waals surface area contributed by atoms with E-state index in [2.05, 4.69) is 0 Å². The zero-order valence-electron chi connectivity index (χ0n) is 6.71. The second kappa shape index (κ2) is 3.64. The Labute approximate surface area is 73.6 Å². The molecule has 0 saturated carbocycles. The summed E-state index contributed by atoms with van der Waals surface area (Å²) in [6, 6.07) is 7.48. The molecule has 0 aliphatic heterocycles. The molecule has 5 heteroatoms. The van der Waals surface area contributed by atoms with Crippen LogP contribution in [-0.2, 0) is 0 Å². The van der Waals surface area contributed by atoms with Gasteiger partial charge in [0.05, 0.1) is 0 Å². The minimum atomic E-state index is -5.02. The second-order valence-corrected chi connectivity index (χ2v) is 2.70. The minimum Gasteiger partial charge on any atom is -0.449 e. The lowest BCUT2D eigenvalue weighted by Crippen LogP contribution is -2.19. The number of carbonyl (C=O) groups excluding carboxylic acids is 1. The molecule has 0 fully saturated rings. The van der Waals surface area contributed by atoms with E-state index in [1.165, 1.54) is 24.3 Å². The van der Waals surface area contributed by atoms with E-state index in [0.717, 1.165) is 0 Å². The van der Waals surface area contributed by atoms with Crippen molar-refractivity contribution < 1.29 is 17.7 Å². The van der Waals surface area contributed by atoms with Crippen LogP contribution in [0.2, 0.25) is 6.32 Å². The highest BCUT2D eigenvalue weighted by Crippen LogP contribution is 2.17. The third-order valence-electron chi connectivity index (χ3n) is 1.51. The fraction of sp³-hybridized carbons (Fsp3) is 0.125. The second-order valence-electron chi connectivity index (χ2n) is 2.70. The molecule has 0 aliphatic rings. The summed E-state index contributed by atoms with van der Waals surface area (Å²) in [6.07, 6.45) is -1.33. The molecule has 0 aliphatic carbocycles. The van der Waals surface area contributed by atoms with E-state index in [-0.39, 0.29) is 5.56 Å². The summed E-state index contributed by atoms with van der Waals surface area (Å²) in [5, 5.41) is 0. The van der Waals surface area contributed by atoms with Gasteiger partial charge in [-0.05, 0) is 6.32 Å². The summed E-state index contributed by atoms with van der Waals surface area (Å²) in [7, 11) is 0. The Morgan fingerprint density at radius 1 is 1.15 bits per heavy atom. The zero-order chi connectivity index (χ0) is 9.90. The quantitative estimate of drug-likeness (QED) is 0.525. The van der Waals surface area contributed by atoms with Crippen molar-refractivity contribution in [1.82, 2.24) is 0 Å². The predicted octanol–water partition coefficient (Wildman–Crippen LogP) is 2.72. The van der Waals surface area contributed by atoms with Crippen LogP contribution in [0.4, 0.5) is 12.9 Å². The third-order valence-corrected chi connectivity index (χ3v) is 1.51. The topological polar surface area (TPSA) is 17.1 Å². The van der Waals surface area contributed by atoms with E-state index in [9.17, 15) is 17.7 Å². The molecule has 1 aromatic rings. The predicted molar refractivity (Wildman–Crippen MR) is 44.7 cm³/mol. The first-order chi connectivity index (χ1) is 5.99. The Bertz CT molecular complexity index is 294. The first-order valence-corrected chi connectivity index (χ1v) is 3.78. The largest absolute Gasteiger partial charge is 0.485 e. The lowest BCUT2D eigenvalue weighted by molar-refractivity contribution is 0.100. The number of rotatable bonds is 3. The van der Waals surface area contributed by atoms with Crippen LogP contribution >= 0.6 is 0 Å². The average Bonchev–Trinajstić information content (AvgIpc) is 2.03. The Kier molecular flexibility index (Phi) is 2.75. The molecule has 0 amide bonds. The summed E-state index contributed by atoms with van der Waals surface area (Å²) in [5.74, 6) is -0.868. The Morgan fingerprint density at radius 2 is 1.69 bits per heavy atom. The van der Waals surface area contributed by atoms with E-state index in [1.807, 2.05) is 0 Å². The molecule has 1 rings (SSSR count). The summed E-state index contributed by atoms with van der Waals surface area (Å²) >= 11 is 0. The van der Waals surface area contributed by atoms with Crippen LogP contribution in [0.25, 0.3) is 0 Å². The van der Waals surface area contributed by atoms with E-state index < -0.39 is 19.1 Å². The molecule has 0 bridgehead atoms. The molecular formula is C8H7BF3O-. The molecule has 0 spiro atoms. The van der Waals surface area contributed by atoms with Gasteiger partial charge < -0.3 is 12.9 Å². The lowest BCUT2D eigenvalue weighted by atomic mass is 9.82. The van der Waals surface area contributed by atoms with Crippen LogP contribution in [0.1, 0.15) is 10.4 Å². The van der Waals surface area contributed by atoms with E-state index in [1.54, 1.807) is 6.07 Å². The Balaban J connectivity index is 2.71. The summed E-state index contributed by atoms with van der Waals surface area (Å²) < 4.78 is 35.5. The van der Waals surface area contributed by atoms with Crippen molar-refractivity contribution >= 4 is 12.8 Å². The smallest absolute Gasteiger partial charge is 0.449 e. The fourth-order valence-electron chi connectivity index (χ4n) is 0.952. The third kappa shape index (κ3) is 3.31. The molecule has 0 unspecified atom stereocenters. The maximum atomic E-state index is 11.8. The van der Waals surface area contributed by atoms with Crippen LogP contribution in [0.15, 0.2) is 30.3 Å². The normalized spacial score (nSPS) is 11.3. The maximum absolute atomic E-state index is 11.8. The number of Topliss-reactive ketones (excluding diaryl/α,β-unsaturated/α-hetero) is 1. The number of hydrogen-bond donors (Lipinski definition) is 0. The Hall–Kier alpha value is -1.26. The van der Waals surface area contributed by atoms with Gasteiger partial charge in [-0.15, -0.1) is 0 Å². The van der Waals surface area contributed by atoms with Gasteiger partial charge in [0.2, 0.25) is 0 Å². The van der Waals surface area contributed by atoms with Crippen LogP contribution < -0.4 is 0 Å². The van der Waals surface area contributed by atoms with Crippen molar-refractivity contribution in [2.24, 2.45) is 0 Å². The van der Waals surface area contributed by atoms with Gasteiger partial charge in [-0.2, -0.15) is 0 Å². The number of ketones is 1.